The maximum Gasteiger partial charge on any atom is 0.433 e. The maximum atomic E-state index is 13.1. The summed E-state index contributed by atoms with van der Waals surface area (Å²) in [6.07, 6.45) is -4.11. The van der Waals surface area contributed by atoms with Gasteiger partial charge in [0.15, 0.2) is 0 Å². The highest BCUT2D eigenvalue weighted by atomic mass is 19.4. The van der Waals surface area contributed by atoms with Crippen LogP contribution in [0.1, 0.15) is 72.8 Å². The maximum absolute atomic E-state index is 13.1. The molecule has 1 N–H and O–H groups in total. The zero-order valence-electron chi connectivity index (χ0n) is 20.9. The number of piperidine rings is 1. The summed E-state index contributed by atoms with van der Waals surface area (Å²) in [5, 5.41) is 2.51. The van der Waals surface area contributed by atoms with E-state index in [1.165, 1.54) is 23.7 Å². The Balaban J connectivity index is 1.80. The zero-order valence-corrected chi connectivity index (χ0v) is 20.9. The van der Waals surface area contributed by atoms with Gasteiger partial charge in [-0.2, -0.15) is 13.2 Å². The number of aromatic nitrogens is 3. The number of alkyl halides is 3. The number of ether oxygens (including phenoxy) is 1. The first kappa shape index (κ1) is 27.2. The Morgan fingerprint density at radius 3 is 2.36 bits per heavy atom. The van der Waals surface area contributed by atoms with Crippen LogP contribution in [-0.2, 0) is 24.5 Å². The Kier molecular flexibility index (Phi) is 7.75. The van der Waals surface area contributed by atoms with Gasteiger partial charge in [-0.3, -0.25) is 14.2 Å². The summed E-state index contributed by atoms with van der Waals surface area (Å²) >= 11 is 0. The van der Waals surface area contributed by atoms with Gasteiger partial charge in [0.2, 0.25) is 0 Å². The number of rotatable bonds is 4. The van der Waals surface area contributed by atoms with E-state index in [4.69, 9.17) is 4.74 Å². The molecule has 2 aromatic rings. The lowest BCUT2D eigenvalue weighted by Crippen LogP contribution is -2.42. The minimum atomic E-state index is -4.61. The van der Waals surface area contributed by atoms with Crippen LogP contribution < -0.4 is 10.9 Å². The number of nitrogens with one attached hydrogen (secondary N) is 1. The van der Waals surface area contributed by atoms with Crippen molar-refractivity contribution in [2.75, 3.05) is 13.1 Å². The fourth-order valence-corrected chi connectivity index (χ4v) is 3.90. The summed E-state index contributed by atoms with van der Waals surface area (Å²) in [5.41, 5.74) is -2.10. The monoisotopic (exact) mass is 509 g/mol. The second-order valence-electron chi connectivity index (χ2n) is 9.72. The minimum Gasteiger partial charge on any atom is -0.444 e. The lowest BCUT2D eigenvalue weighted by molar-refractivity contribution is -0.141. The number of aryl methyl sites for hydroxylation is 1. The summed E-state index contributed by atoms with van der Waals surface area (Å²) in [5.74, 6) is -0.587. The molecule has 2 aromatic heterocycles. The van der Waals surface area contributed by atoms with E-state index in [0.29, 0.717) is 37.4 Å². The molecule has 2 amide bonds. The van der Waals surface area contributed by atoms with Gasteiger partial charge in [0.1, 0.15) is 22.7 Å². The molecule has 3 rings (SSSR count). The first-order chi connectivity index (χ1) is 16.7. The molecule has 1 fully saturated rings. The molecule has 1 aliphatic heterocycles. The van der Waals surface area contributed by atoms with E-state index in [1.807, 2.05) is 0 Å². The van der Waals surface area contributed by atoms with Gasteiger partial charge in [-0.1, -0.05) is 6.07 Å². The standard InChI is InChI=1S/C24H30F3N5O4/c1-14-29-19(15-9-11-32(12-10-15)22(35)36-23(2,3)4)18(21(34)31(14)5)20(33)28-13-16-7-6-8-17(30-16)24(25,26)27/h6-8,15H,9-13H2,1-5H3,(H,28,33). The van der Waals surface area contributed by atoms with E-state index >= 15 is 0 Å². The predicted octanol–water partition coefficient (Wildman–Crippen LogP) is 3.55. The molecule has 0 spiro atoms. The summed E-state index contributed by atoms with van der Waals surface area (Å²) in [6, 6.07) is 3.40. The Bertz CT molecular complexity index is 1200. The molecule has 0 radical (unpaired) electrons. The number of hydrogen-bond acceptors (Lipinski definition) is 6. The number of nitrogens with zero attached hydrogens (tertiary/aromatic N) is 4. The largest absolute Gasteiger partial charge is 0.444 e. The van der Waals surface area contributed by atoms with Crippen LogP contribution in [-0.4, -0.2) is 50.1 Å². The first-order valence-electron chi connectivity index (χ1n) is 11.5. The van der Waals surface area contributed by atoms with Gasteiger partial charge in [-0.15, -0.1) is 0 Å². The summed E-state index contributed by atoms with van der Waals surface area (Å²) in [4.78, 5) is 48.1. The Labute approximate surface area is 206 Å². The summed E-state index contributed by atoms with van der Waals surface area (Å²) in [6.45, 7) is 7.43. The number of carbonyl (C=O) groups is 2. The van der Waals surface area contributed by atoms with Crippen molar-refractivity contribution in [2.45, 2.75) is 64.8 Å². The van der Waals surface area contributed by atoms with E-state index in [2.05, 4.69) is 15.3 Å². The second kappa shape index (κ2) is 10.3. The van der Waals surface area contributed by atoms with Gasteiger partial charge in [-0.25, -0.2) is 14.8 Å². The van der Waals surface area contributed by atoms with Crippen LogP contribution in [0.4, 0.5) is 18.0 Å². The third-order valence-electron chi connectivity index (χ3n) is 5.83. The molecule has 0 unspecified atom stereocenters. The third kappa shape index (κ3) is 6.41. The molecule has 1 saturated heterocycles. The van der Waals surface area contributed by atoms with Gasteiger partial charge in [0.05, 0.1) is 17.9 Å². The molecule has 3 heterocycles. The second-order valence-corrected chi connectivity index (χ2v) is 9.72. The first-order valence-corrected chi connectivity index (χ1v) is 11.5. The van der Waals surface area contributed by atoms with Crippen LogP contribution in [0.3, 0.4) is 0 Å². The predicted molar refractivity (Wildman–Crippen MR) is 124 cm³/mol. The molecule has 36 heavy (non-hydrogen) atoms. The molecule has 1 aliphatic rings. The van der Waals surface area contributed by atoms with E-state index in [1.54, 1.807) is 32.6 Å². The van der Waals surface area contributed by atoms with Crippen molar-refractivity contribution in [1.82, 2.24) is 24.8 Å². The number of amides is 2. The summed E-state index contributed by atoms with van der Waals surface area (Å²) < 4.78 is 45.5. The molecular formula is C24H30F3N5O4. The average molecular weight is 510 g/mol. The molecule has 196 valence electrons. The SMILES string of the molecule is Cc1nc(C2CCN(C(=O)OC(C)(C)C)CC2)c(C(=O)NCc2cccc(C(F)(F)F)n2)c(=O)n1C. The fourth-order valence-electron chi connectivity index (χ4n) is 3.90. The third-order valence-corrected chi connectivity index (χ3v) is 5.83. The fraction of sp³-hybridized carbons (Fsp3) is 0.542. The Morgan fingerprint density at radius 2 is 1.78 bits per heavy atom. The van der Waals surface area contributed by atoms with E-state index in [0.717, 1.165) is 6.07 Å². The quantitative estimate of drug-likeness (QED) is 0.676. The van der Waals surface area contributed by atoms with Gasteiger partial charge in [0, 0.05) is 26.1 Å². The van der Waals surface area contributed by atoms with Gasteiger partial charge in [-0.05, 0) is 52.7 Å². The molecular weight excluding hydrogens is 479 g/mol. The Morgan fingerprint density at radius 1 is 1.14 bits per heavy atom. The molecule has 0 aliphatic carbocycles. The molecule has 0 bridgehead atoms. The van der Waals surface area contributed by atoms with Crippen LogP contribution in [0, 0.1) is 6.92 Å². The number of hydrogen-bond donors (Lipinski definition) is 1. The van der Waals surface area contributed by atoms with Gasteiger partial charge >= 0.3 is 12.3 Å². The topological polar surface area (TPSA) is 106 Å². The zero-order chi connectivity index (χ0) is 26.8. The lowest BCUT2D eigenvalue weighted by Gasteiger charge is -2.33. The summed E-state index contributed by atoms with van der Waals surface area (Å²) in [7, 11) is 1.49. The number of likely N-dealkylation sites (tertiary alicyclic amines) is 1. The van der Waals surface area contributed by atoms with Crippen LogP contribution in [0.5, 0.6) is 0 Å². The average Bonchev–Trinajstić information content (AvgIpc) is 2.79. The van der Waals surface area contributed by atoms with Crippen molar-refractivity contribution in [1.29, 1.82) is 0 Å². The van der Waals surface area contributed by atoms with Crippen molar-refractivity contribution in [3.05, 3.63) is 57.0 Å². The van der Waals surface area contributed by atoms with Crippen LogP contribution in [0.15, 0.2) is 23.0 Å². The highest BCUT2D eigenvalue weighted by molar-refractivity contribution is 5.95. The van der Waals surface area contributed by atoms with E-state index in [-0.39, 0.29) is 23.7 Å². The van der Waals surface area contributed by atoms with Gasteiger partial charge in [0.25, 0.3) is 11.5 Å². The highest BCUT2D eigenvalue weighted by Gasteiger charge is 2.33. The highest BCUT2D eigenvalue weighted by Crippen LogP contribution is 2.30. The van der Waals surface area contributed by atoms with Crippen LogP contribution in [0.25, 0.3) is 0 Å². The van der Waals surface area contributed by atoms with Crippen molar-refractivity contribution in [3.8, 4) is 0 Å². The molecule has 0 saturated carbocycles. The smallest absolute Gasteiger partial charge is 0.433 e. The lowest BCUT2D eigenvalue weighted by atomic mass is 9.90. The number of carbonyl (C=O) groups excluding carboxylic acids is 2. The van der Waals surface area contributed by atoms with Crippen molar-refractivity contribution >= 4 is 12.0 Å². The minimum absolute atomic E-state index is 0.00212. The van der Waals surface area contributed by atoms with Crippen LogP contribution in [0.2, 0.25) is 0 Å². The Hall–Kier alpha value is -3.44. The number of halogens is 3. The molecule has 12 heteroatoms. The molecule has 0 aromatic carbocycles. The van der Waals surface area contributed by atoms with Crippen molar-refractivity contribution in [2.24, 2.45) is 7.05 Å². The molecule has 9 nitrogen and oxygen atoms in total. The van der Waals surface area contributed by atoms with E-state index < -0.39 is 35.0 Å². The normalized spacial score (nSPS) is 15.1. The van der Waals surface area contributed by atoms with Gasteiger partial charge < -0.3 is 15.0 Å². The number of pyridine rings is 1. The van der Waals surface area contributed by atoms with E-state index in [9.17, 15) is 27.6 Å². The van der Waals surface area contributed by atoms with Crippen LogP contribution >= 0.6 is 0 Å². The van der Waals surface area contributed by atoms with Crippen molar-refractivity contribution in [3.63, 3.8) is 0 Å². The molecule has 0 atom stereocenters. The van der Waals surface area contributed by atoms with Crippen molar-refractivity contribution < 1.29 is 27.5 Å².